The van der Waals surface area contributed by atoms with E-state index in [0.29, 0.717) is 23.2 Å². The second-order valence-corrected chi connectivity index (χ2v) is 3.93. The van der Waals surface area contributed by atoms with Crippen molar-refractivity contribution in [1.29, 1.82) is 0 Å². The fourth-order valence-electron chi connectivity index (χ4n) is 0.787. The van der Waals surface area contributed by atoms with E-state index in [9.17, 15) is 0 Å². The summed E-state index contributed by atoms with van der Waals surface area (Å²) in [7, 11) is 1.64. The smallest absolute Gasteiger partial charge is 0.139 e. The number of hydrogen-bond acceptors (Lipinski definition) is 5. The molecule has 0 amide bonds. The van der Waals surface area contributed by atoms with Crippen LogP contribution in [0.3, 0.4) is 0 Å². The average Bonchev–Trinajstić information content (AvgIpc) is 2.48. The Kier molecular flexibility index (Phi) is 4.58. The van der Waals surface area contributed by atoms with E-state index in [2.05, 4.69) is 9.59 Å². The zero-order chi connectivity index (χ0) is 9.68. The molecule has 0 aliphatic heterocycles. The summed E-state index contributed by atoms with van der Waals surface area (Å²) in [6, 6.07) is 0. The first-order chi connectivity index (χ1) is 6.24. The molecule has 0 bridgehead atoms. The molecule has 0 spiro atoms. The lowest BCUT2D eigenvalue weighted by atomic mass is 10.4. The predicted molar refractivity (Wildman–Crippen MR) is 51.0 cm³/mol. The van der Waals surface area contributed by atoms with Crippen LogP contribution in [0, 0.1) is 0 Å². The van der Waals surface area contributed by atoms with Crippen LogP contribution in [0.15, 0.2) is 0 Å². The first-order valence-corrected chi connectivity index (χ1v) is 4.96. The Hall–Kier alpha value is -0.230. The number of halogens is 1. The highest BCUT2D eigenvalue weighted by molar-refractivity contribution is 7.10. The van der Waals surface area contributed by atoms with Crippen molar-refractivity contribution in [3.8, 4) is 0 Å². The van der Waals surface area contributed by atoms with Gasteiger partial charge in [-0.05, 0) is 6.92 Å². The molecule has 0 aromatic carbocycles. The van der Waals surface area contributed by atoms with Gasteiger partial charge in [0.1, 0.15) is 10.0 Å². The molecule has 1 atom stereocenters. The average molecular weight is 223 g/mol. The quantitative estimate of drug-likeness (QED) is 0.762. The van der Waals surface area contributed by atoms with Crippen LogP contribution in [0.5, 0.6) is 0 Å². The molecule has 1 heterocycles. The van der Waals surface area contributed by atoms with Crippen molar-refractivity contribution >= 4 is 23.1 Å². The molecular formula is C7H11ClN2O2S. The molecular weight excluding hydrogens is 212 g/mol. The Morgan fingerprint density at radius 2 is 2.38 bits per heavy atom. The van der Waals surface area contributed by atoms with Crippen molar-refractivity contribution in [2.75, 3.05) is 13.7 Å². The van der Waals surface area contributed by atoms with E-state index in [1.807, 2.05) is 6.92 Å². The van der Waals surface area contributed by atoms with Gasteiger partial charge in [0.05, 0.1) is 19.3 Å². The number of ether oxygens (including phenoxy) is 2. The zero-order valence-electron chi connectivity index (χ0n) is 7.49. The molecule has 0 radical (unpaired) electrons. The maximum absolute atomic E-state index is 5.78. The van der Waals surface area contributed by atoms with Crippen LogP contribution >= 0.6 is 23.1 Å². The first-order valence-electron chi connectivity index (χ1n) is 3.81. The van der Waals surface area contributed by atoms with E-state index < -0.39 is 0 Å². The molecule has 0 saturated carbocycles. The maximum Gasteiger partial charge on any atom is 0.139 e. The molecule has 1 aromatic rings. The van der Waals surface area contributed by atoms with Crippen LogP contribution in [0.25, 0.3) is 0 Å². The van der Waals surface area contributed by atoms with Crippen LogP contribution < -0.4 is 0 Å². The van der Waals surface area contributed by atoms with Crippen molar-refractivity contribution in [1.82, 2.24) is 9.59 Å². The van der Waals surface area contributed by atoms with Gasteiger partial charge in [0, 0.05) is 18.6 Å². The lowest BCUT2D eigenvalue weighted by Gasteiger charge is -2.09. The summed E-state index contributed by atoms with van der Waals surface area (Å²) in [5.41, 5.74) is 0.689. The zero-order valence-corrected chi connectivity index (χ0v) is 9.06. The third-order valence-electron chi connectivity index (χ3n) is 1.42. The van der Waals surface area contributed by atoms with Gasteiger partial charge >= 0.3 is 0 Å². The normalized spacial score (nSPS) is 13.2. The minimum absolute atomic E-state index is 0.0442. The third kappa shape index (κ3) is 3.56. The number of rotatable bonds is 5. The molecule has 1 aromatic heterocycles. The first kappa shape index (κ1) is 10.8. The van der Waals surface area contributed by atoms with Gasteiger partial charge in [0.2, 0.25) is 0 Å². The van der Waals surface area contributed by atoms with Crippen molar-refractivity contribution in [3.05, 3.63) is 10.0 Å². The Labute approximate surface area is 86.0 Å². The van der Waals surface area contributed by atoms with Gasteiger partial charge in [0.15, 0.2) is 0 Å². The van der Waals surface area contributed by atoms with E-state index in [1.54, 1.807) is 7.11 Å². The summed E-state index contributed by atoms with van der Waals surface area (Å²) < 4.78 is 14.6. The summed E-state index contributed by atoms with van der Waals surface area (Å²) in [4.78, 5) is 0. The maximum atomic E-state index is 5.78. The molecule has 0 N–H and O–H groups in total. The summed E-state index contributed by atoms with van der Waals surface area (Å²) >= 11 is 6.95. The highest BCUT2D eigenvalue weighted by atomic mass is 35.5. The number of nitrogens with zero attached hydrogens (tertiary/aromatic N) is 2. The van der Waals surface area contributed by atoms with Crippen molar-refractivity contribution in [3.63, 3.8) is 0 Å². The van der Waals surface area contributed by atoms with Crippen molar-refractivity contribution in [2.45, 2.75) is 19.6 Å². The highest BCUT2D eigenvalue weighted by Crippen LogP contribution is 2.18. The van der Waals surface area contributed by atoms with Crippen LogP contribution in [0.2, 0.25) is 4.34 Å². The Bertz CT molecular complexity index is 256. The van der Waals surface area contributed by atoms with Crippen molar-refractivity contribution < 1.29 is 9.47 Å². The van der Waals surface area contributed by atoms with Crippen molar-refractivity contribution in [2.24, 2.45) is 0 Å². The molecule has 13 heavy (non-hydrogen) atoms. The number of aromatic nitrogens is 2. The molecule has 6 heteroatoms. The van der Waals surface area contributed by atoms with E-state index in [1.165, 1.54) is 0 Å². The van der Waals surface area contributed by atoms with Gasteiger partial charge in [-0.25, -0.2) is 0 Å². The lowest BCUT2D eigenvalue weighted by molar-refractivity contribution is -0.00134. The Balaban J connectivity index is 2.30. The van der Waals surface area contributed by atoms with Gasteiger partial charge in [-0.15, -0.1) is 5.10 Å². The minimum atomic E-state index is 0.0442. The summed E-state index contributed by atoms with van der Waals surface area (Å²) in [6.07, 6.45) is 0.0442. The van der Waals surface area contributed by atoms with Crippen LogP contribution in [0.1, 0.15) is 12.6 Å². The number of hydrogen-bond donors (Lipinski definition) is 0. The highest BCUT2D eigenvalue weighted by Gasteiger charge is 2.07. The fourth-order valence-corrected chi connectivity index (χ4v) is 1.39. The van der Waals surface area contributed by atoms with Crippen LogP contribution in [-0.4, -0.2) is 29.4 Å². The van der Waals surface area contributed by atoms with Gasteiger partial charge < -0.3 is 9.47 Å². The summed E-state index contributed by atoms with van der Waals surface area (Å²) in [5, 5.41) is 3.82. The molecule has 0 aliphatic carbocycles. The molecule has 0 aliphatic rings. The molecule has 0 saturated heterocycles. The fraction of sp³-hybridized carbons (Fsp3) is 0.714. The largest absolute Gasteiger partial charge is 0.382 e. The standard InChI is InChI=1S/C7H11ClN2O2S/c1-5(3-11-2)12-4-6-7(8)13-10-9-6/h5H,3-4H2,1-2H3. The molecule has 0 fully saturated rings. The van der Waals surface area contributed by atoms with E-state index in [0.717, 1.165) is 11.5 Å². The molecule has 1 unspecified atom stereocenters. The minimum Gasteiger partial charge on any atom is -0.382 e. The van der Waals surface area contributed by atoms with Gasteiger partial charge in [-0.1, -0.05) is 16.1 Å². The van der Waals surface area contributed by atoms with E-state index >= 15 is 0 Å². The molecule has 1 rings (SSSR count). The van der Waals surface area contributed by atoms with E-state index in [4.69, 9.17) is 21.1 Å². The summed E-state index contributed by atoms with van der Waals surface area (Å²) in [5.74, 6) is 0. The second-order valence-electron chi connectivity index (χ2n) is 2.57. The van der Waals surface area contributed by atoms with Gasteiger partial charge in [-0.3, -0.25) is 0 Å². The topological polar surface area (TPSA) is 44.2 Å². The SMILES string of the molecule is COCC(C)OCc1nnsc1Cl. The third-order valence-corrected chi connectivity index (χ3v) is 2.40. The Morgan fingerprint density at radius 3 is 2.92 bits per heavy atom. The van der Waals surface area contributed by atoms with E-state index in [-0.39, 0.29) is 6.10 Å². The predicted octanol–water partition coefficient (Wildman–Crippen LogP) is 1.74. The van der Waals surface area contributed by atoms with Crippen LogP contribution in [0.4, 0.5) is 0 Å². The second kappa shape index (κ2) is 5.49. The molecule has 74 valence electrons. The lowest BCUT2D eigenvalue weighted by Crippen LogP contribution is -2.14. The summed E-state index contributed by atoms with van der Waals surface area (Å²) in [6.45, 7) is 2.88. The molecule has 4 nitrogen and oxygen atoms in total. The van der Waals surface area contributed by atoms with Gasteiger partial charge in [0.25, 0.3) is 0 Å². The van der Waals surface area contributed by atoms with Crippen LogP contribution in [-0.2, 0) is 16.1 Å². The monoisotopic (exact) mass is 222 g/mol. The number of methoxy groups -OCH3 is 1. The van der Waals surface area contributed by atoms with Gasteiger partial charge in [-0.2, -0.15) is 0 Å². The Morgan fingerprint density at radius 1 is 1.62 bits per heavy atom.